The fourth-order valence-electron chi connectivity index (χ4n) is 6.14. The molecule has 0 bridgehead atoms. The highest BCUT2D eigenvalue weighted by Crippen LogP contribution is 2.40. The Morgan fingerprint density at radius 1 is 0.537 bits per heavy atom. The highest BCUT2D eigenvalue weighted by atomic mass is 32.1. The lowest BCUT2D eigenvalue weighted by Crippen LogP contribution is -1.93. The van der Waals surface area contributed by atoms with Crippen molar-refractivity contribution in [2.24, 2.45) is 0 Å². The third kappa shape index (κ3) is 3.41. The Hall–Kier alpha value is -5.19. The van der Waals surface area contributed by atoms with E-state index in [1.165, 1.54) is 53.1 Å². The predicted octanol–water partition coefficient (Wildman–Crippen LogP) is 10.6. The Bertz CT molecular complexity index is 2410. The molecule has 0 saturated carbocycles. The summed E-state index contributed by atoms with van der Waals surface area (Å²) in [6, 6.07) is 47.2. The van der Waals surface area contributed by atoms with Gasteiger partial charge in [0.2, 0.25) is 5.89 Å². The number of oxazole rings is 1. The molecule has 0 aliphatic carbocycles. The van der Waals surface area contributed by atoms with Crippen LogP contribution in [0.3, 0.4) is 0 Å². The highest BCUT2D eigenvalue weighted by molar-refractivity contribution is 7.26. The normalized spacial score (nSPS) is 11.9. The smallest absolute Gasteiger partial charge is 0.227 e. The summed E-state index contributed by atoms with van der Waals surface area (Å²) in [4.78, 5) is 5.00. The zero-order valence-electron chi connectivity index (χ0n) is 21.9. The molecule has 0 fully saturated rings. The van der Waals surface area contributed by atoms with Crippen molar-refractivity contribution in [2.75, 3.05) is 0 Å². The zero-order valence-corrected chi connectivity index (χ0v) is 22.7. The molecule has 3 aromatic heterocycles. The lowest BCUT2D eigenvalue weighted by molar-refractivity contribution is 0.620. The second-order valence-electron chi connectivity index (χ2n) is 10.4. The van der Waals surface area contributed by atoms with Crippen molar-refractivity contribution in [3.63, 3.8) is 0 Å². The third-order valence-corrected chi connectivity index (χ3v) is 9.19. The topological polar surface area (TPSA) is 31.0 Å². The van der Waals surface area contributed by atoms with Crippen molar-refractivity contribution in [1.29, 1.82) is 0 Å². The molecule has 4 heteroatoms. The van der Waals surface area contributed by atoms with E-state index in [1.54, 1.807) is 11.3 Å². The van der Waals surface area contributed by atoms with Gasteiger partial charge in [0.05, 0.1) is 11.0 Å². The number of rotatable bonds is 3. The Morgan fingerprint density at radius 2 is 1.27 bits per heavy atom. The first-order valence-corrected chi connectivity index (χ1v) is 14.5. The van der Waals surface area contributed by atoms with Gasteiger partial charge in [-0.15, -0.1) is 11.3 Å². The lowest BCUT2D eigenvalue weighted by Gasteiger charge is -2.09. The first kappa shape index (κ1) is 22.6. The van der Waals surface area contributed by atoms with Crippen LogP contribution in [0.5, 0.6) is 0 Å². The predicted molar refractivity (Wildman–Crippen MR) is 172 cm³/mol. The van der Waals surface area contributed by atoms with Gasteiger partial charge >= 0.3 is 0 Å². The molecule has 41 heavy (non-hydrogen) atoms. The van der Waals surface area contributed by atoms with Crippen LogP contribution in [0.4, 0.5) is 0 Å². The number of para-hydroxylation sites is 1. The van der Waals surface area contributed by atoms with E-state index in [9.17, 15) is 0 Å². The van der Waals surface area contributed by atoms with E-state index in [-0.39, 0.29) is 0 Å². The van der Waals surface area contributed by atoms with E-state index >= 15 is 0 Å². The molecular weight excluding hydrogens is 520 g/mol. The molecule has 3 nitrogen and oxygen atoms in total. The van der Waals surface area contributed by atoms with E-state index in [2.05, 4.69) is 132 Å². The van der Waals surface area contributed by atoms with Crippen LogP contribution in [-0.2, 0) is 0 Å². The van der Waals surface area contributed by atoms with Crippen LogP contribution in [0.15, 0.2) is 138 Å². The minimum Gasteiger partial charge on any atom is -0.436 e. The molecule has 0 amide bonds. The van der Waals surface area contributed by atoms with Crippen molar-refractivity contribution in [1.82, 2.24) is 9.55 Å². The first-order valence-electron chi connectivity index (χ1n) is 13.7. The summed E-state index contributed by atoms with van der Waals surface area (Å²) >= 11 is 1.80. The van der Waals surface area contributed by atoms with Crippen molar-refractivity contribution in [3.8, 4) is 28.3 Å². The van der Waals surface area contributed by atoms with Gasteiger partial charge in [0, 0.05) is 42.2 Å². The molecule has 0 saturated heterocycles. The summed E-state index contributed by atoms with van der Waals surface area (Å²) in [5.74, 6) is 0.643. The van der Waals surface area contributed by atoms with Gasteiger partial charge in [-0.2, -0.15) is 0 Å². The Kier molecular flexibility index (Phi) is 4.77. The molecular formula is C37H22N2OS. The van der Waals surface area contributed by atoms with Gasteiger partial charge in [-0.05, 0) is 71.8 Å². The molecule has 0 aliphatic heterocycles. The summed E-state index contributed by atoms with van der Waals surface area (Å²) in [6.45, 7) is 0. The van der Waals surface area contributed by atoms with E-state index in [4.69, 9.17) is 9.40 Å². The van der Waals surface area contributed by atoms with Crippen LogP contribution in [0.25, 0.3) is 81.3 Å². The van der Waals surface area contributed by atoms with Gasteiger partial charge in [-0.25, -0.2) is 4.98 Å². The van der Waals surface area contributed by atoms with Crippen molar-refractivity contribution < 1.29 is 4.42 Å². The highest BCUT2D eigenvalue weighted by Gasteiger charge is 2.16. The van der Waals surface area contributed by atoms with Gasteiger partial charge in [0.15, 0.2) is 5.58 Å². The summed E-state index contributed by atoms with van der Waals surface area (Å²) < 4.78 is 11.1. The third-order valence-electron chi connectivity index (χ3n) is 8.05. The summed E-state index contributed by atoms with van der Waals surface area (Å²) in [5, 5.41) is 4.90. The van der Waals surface area contributed by atoms with Gasteiger partial charge < -0.3 is 8.98 Å². The number of aromatic nitrogens is 2. The molecule has 0 radical (unpaired) electrons. The quantitative estimate of drug-likeness (QED) is 0.222. The second-order valence-corrected chi connectivity index (χ2v) is 11.5. The number of nitrogens with zero attached hydrogens (tertiary/aromatic N) is 2. The molecule has 0 spiro atoms. The molecule has 0 atom stereocenters. The largest absolute Gasteiger partial charge is 0.436 e. The van der Waals surface area contributed by atoms with Crippen LogP contribution in [-0.4, -0.2) is 9.55 Å². The van der Waals surface area contributed by atoms with Crippen LogP contribution in [0.2, 0.25) is 0 Å². The number of thiophene rings is 1. The Balaban J connectivity index is 1.17. The van der Waals surface area contributed by atoms with Crippen LogP contribution < -0.4 is 0 Å². The van der Waals surface area contributed by atoms with E-state index in [0.717, 1.165) is 22.4 Å². The van der Waals surface area contributed by atoms with E-state index in [0.29, 0.717) is 5.89 Å². The maximum atomic E-state index is 6.29. The summed E-state index contributed by atoms with van der Waals surface area (Å²) in [6.07, 6.45) is 0. The monoisotopic (exact) mass is 542 g/mol. The first-order chi connectivity index (χ1) is 20.3. The number of benzene rings is 6. The van der Waals surface area contributed by atoms with Gasteiger partial charge in [-0.3, -0.25) is 0 Å². The SMILES string of the molecule is c1ccc(-c2ccc3c(c2)c2ccccc2n3-c2ccc(-c3nc4c(ccc5sc6ccccc6c54)o3)cc2)cc1. The molecule has 9 rings (SSSR count). The molecule has 6 aromatic carbocycles. The van der Waals surface area contributed by atoms with Crippen molar-refractivity contribution >= 4 is 64.4 Å². The molecule has 0 aliphatic rings. The van der Waals surface area contributed by atoms with Crippen LogP contribution >= 0.6 is 11.3 Å². The maximum Gasteiger partial charge on any atom is 0.227 e. The Labute approximate surface area is 239 Å². The number of hydrogen-bond donors (Lipinski definition) is 0. The van der Waals surface area contributed by atoms with Crippen LogP contribution in [0, 0.1) is 0 Å². The average Bonchev–Trinajstić information content (AvgIpc) is 3.73. The van der Waals surface area contributed by atoms with E-state index in [1.807, 2.05) is 6.07 Å². The molecule has 192 valence electrons. The fourth-order valence-corrected chi connectivity index (χ4v) is 7.25. The maximum absolute atomic E-state index is 6.29. The van der Waals surface area contributed by atoms with Crippen LogP contribution in [0.1, 0.15) is 0 Å². The zero-order chi connectivity index (χ0) is 26.9. The number of hydrogen-bond acceptors (Lipinski definition) is 3. The van der Waals surface area contributed by atoms with E-state index < -0.39 is 0 Å². The summed E-state index contributed by atoms with van der Waals surface area (Å²) in [7, 11) is 0. The summed E-state index contributed by atoms with van der Waals surface area (Å²) in [5.41, 5.74) is 8.63. The second kappa shape index (κ2) is 8.65. The fraction of sp³-hybridized carbons (Fsp3) is 0. The Morgan fingerprint density at radius 3 is 2.15 bits per heavy atom. The molecule has 0 unspecified atom stereocenters. The standard InChI is InChI=1S/C37H22N2OS/c1-2-8-23(9-3-1)25-16-19-31-29(22-25)27-10-4-6-12-30(27)39(31)26-17-14-24(15-18-26)37-38-36-32(40-37)20-21-34-35(36)28-11-5-7-13-33(28)41-34/h1-22H. The molecule has 9 aromatic rings. The van der Waals surface area contributed by atoms with Gasteiger partial charge in [0.25, 0.3) is 0 Å². The van der Waals surface area contributed by atoms with Gasteiger partial charge in [-0.1, -0.05) is 72.8 Å². The minimum atomic E-state index is 0.643. The van der Waals surface area contributed by atoms with Crippen molar-refractivity contribution in [3.05, 3.63) is 133 Å². The number of fused-ring (bicyclic) bond motifs is 8. The van der Waals surface area contributed by atoms with Gasteiger partial charge in [0.1, 0.15) is 5.52 Å². The molecule has 3 heterocycles. The average molecular weight is 543 g/mol. The minimum absolute atomic E-state index is 0.643. The lowest BCUT2D eigenvalue weighted by atomic mass is 10.0. The van der Waals surface area contributed by atoms with Crippen molar-refractivity contribution in [2.45, 2.75) is 0 Å². The molecule has 0 N–H and O–H groups in total.